The number of sulfonamides is 1. The Morgan fingerprint density at radius 1 is 1.23 bits per heavy atom. The molecule has 1 atom stereocenters. The fourth-order valence-electron chi connectivity index (χ4n) is 3.39. The molecule has 1 heterocycles. The first-order valence-corrected chi connectivity index (χ1v) is 11.7. The van der Waals surface area contributed by atoms with Gasteiger partial charge >= 0.3 is 0 Å². The van der Waals surface area contributed by atoms with Crippen molar-refractivity contribution in [2.45, 2.75) is 43.7 Å². The van der Waals surface area contributed by atoms with Crippen LogP contribution in [0.4, 0.5) is 0 Å². The Balaban J connectivity index is 1.75. The summed E-state index contributed by atoms with van der Waals surface area (Å²) in [5, 5.41) is 2.14. The van der Waals surface area contributed by atoms with Gasteiger partial charge in [-0.3, -0.25) is 9.59 Å². The number of piperidine rings is 1. The van der Waals surface area contributed by atoms with Crippen LogP contribution in [0.1, 0.15) is 26.7 Å². The van der Waals surface area contributed by atoms with Gasteiger partial charge in [-0.2, -0.15) is 4.72 Å². The van der Waals surface area contributed by atoms with Gasteiger partial charge in [-0.1, -0.05) is 23.7 Å². The first-order chi connectivity index (χ1) is 14.1. The van der Waals surface area contributed by atoms with Gasteiger partial charge in [-0.05, 0) is 61.7 Å². The second kappa shape index (κ2) is 8.91. The van der Waals surface area contributed by atoms with Crippen LogP contribution < -0.4 is 4.72 Å². The van der Waals surface area contributed by atoms with Gasteiger partial charge in [0.1, 0.15) is 6.04 Å². The van der Waals surface area contributed by atoms with Crippen molar-refractivity contribution >= 4 is 44.2 Å². The molecule has 30 heavy (non-hydrogen) atoms. The van der Waals surface area contributed by atoms with Crippen molar-refractivity contribution in [1.82, 2.24) is 14.5 Å². The third-order valence-electron chi connectivity index (χ3n) is 5.41. The van der Waals surface area contributed by atoms with Crippen molar-refractivity contribution in [3.63, 3.8) is 0 Å². The molecule has 2 aromatic carbocycles. The van der Waals surface area contributed by atoms with Crippen molar-refractivity contribution in [3.8, 4) is 0 Å². The summed E-state index contributed by atoms with van der Waals surface area (Å²) in [5.74, 6) is -0.544. The van der Waals surface area contributed by atoms with Gasteiger partial charge in [0.25, 0.3) is 0 Å². The Bertz CT molecular complexity index is 1070. The molecule has 2 amide bonds. The summed E-state index contributed by atoms with van der Waals surface area (Å²) in [5.41, 5.74) is 0. The number of likely N-dealkylation sites (tertiary alicyclic amines) is 1. The number of rotatable bonds is 6. The molecule has 1 saturated heterocycles. The number of hydrogen-bond donors (Lipinski definition) is 1. The molecular weight excluding hydrogens is 426 g/mol. The van der Waals surface area contributed by atoms with Crippen molar-refractivity contribution in [3.05, 3.63) is 41.4 Å². The minimum absolute atomic E-state index is 0.0227. The monoisotopic (exact) mass is 451 g/mol. The zero-order valence-electron chi connectivity index (χ0n) is 17.3. The van der Waals surface area contributed by atoms with E-state index in [9.17, 15) is 18.0 Å². The lowest BCUT2D eigenvalue weighted by Gasteiger charge is -2.33. The Morgan fingerprint density at radius 2 is 1.90 bits per heavy atom. The summed E-state index contributed by atoms with van der Waals surface area (Å²) in [6.07, 6.45) is 1.01. The molecule has 3 rings (SSSR count). The molecule has 0 aliphatic carbocycles. The quantitative estimate of drug-likeness (QED) is 0.731. The number of nitrogens with zero attached hydrogens (tertiary/aromatic N) is 2. The Kier molecular flexibility index (Phi) is 6.69. The molecule has 1 aliphatic rings. The van der Waals surface area contributed by atoms with Crippen LogP contribution in [0.3, 0.4) is 0 Å². The average molecular weight is 452 g/mol. The highest BCUT2D eigenvalue weighted by atomic mass is 35.5. The highest BCUT2D eigenvalue weighted by Gasteiger charge is 2.33. The van der Waals surface area contributed by atoms with Crippen molar-refractivity contribution < 1.29 is 18.0 Å². The van der Waals surface area contributed by atoms with E-state index in [0.717, 1.165) is 10.8 Å². The number of amides is 2. The molecule has 0 spiro atoms. The number of carbonyl (C=O) groups excluding carboxylic acids is 2. The highest BCUT2D eigenvalue weighted by Crippen LogP contribution is 2.23. The maximum Gasteiger partial charge on any atom is 0.242 e. The Hall–Kier alpha value is -2.16. The second-order valence-electron chi connectivity index (χ2n) is 7.83. The summed E-state index contributed by atoms with van der Waals surface area (Å²) in [7, 11) is -2.21. The van der Waals surface area contributed by atoms with E-state index in [4.69, 9.17) is 11.6 Å². The van der Waals surface area contributed by atoms with Crippen LogP contribution >= 0.6 is 11.6 Å². The summed E-state index contributed by atoms with van der Waals surface area (Å²) >= 11 is 5.98. The minimum atomic E-state index is -3.90. The predicted molar refractivity (Wildman–Crippen MR) is 117 cm³/mol. The zero-order chi connectivity index (χ0) is 22.1. The van der Waals surface area contributed by atoms with Gasteiger partial charge in [0, 0.05) is 24.7 Å². The number of likely N-dealkylation sites (N-methyl/N-ethyl adjacent to an activating group) is 1. The van der Waals surface area contributed by atoms with Crippen molar-refractivity contribution in [2.75, 3.05) is 20.1 Å². The second-order valence-corrected chi connectivity index (χ2v) is 9.98. The first kappa shape index (κ1) is 22.5. The molecule has 0 bridgehead atoms. The Morgan fingerprint density at radius 3 is 2.60 bits per heavy atom. The van der Waals surface area contributed by atoms with Crippen LogP contribution in [0.5, 0.6) is 0 Å². The van der Waals surface area contributed by atoms with Gasteiger partial charge in [0.15, 0.2) is 0 Å². The van der Waals surface area contributed by atoms with E-state index in [-0.39, 0.29) is 29.3 Å². The van der Waals surface area contributed by atoms with E-state index < -0.39 is 16.1 Å². The van der Waals surface area contributed by atoms with Crippen LogP contribution in [-0.4, -0.2) is 62.3 Å². The summed E-state index contributed by atoms with van der Waals surface area (Å²) in [6, 6.07) is 9.08. The fraction of sp³-hybridized carbons (Fsp3) is 0.429. The zero-order valence-corrected chi connectivity index (χ0v) is 18.8. The number of nitrogens with one attached hydrogen (secondary N) is 1. The largest absolute Gasteiger partial charge is 0.342 e. The third kappa shape index (κ3) is 4.94. The number of halogens is 1. The van der Waals surface area contributed by atoms with Gasteiger partial charge in [-0.15, -0.1) is 0 Å². The molecule has 0 aromatic heterocycles. The third-order valence-corrected chi connectivity index (χ3v) is 7.11. The van der Waals surface area contributed by atoms with Crippen LogP contribution in [0.2, 0.25) is 5.02 Å². The standard InChI is InChI=1S/C21H26ClN3O4S/c1-14(2)24(3)20(26)13-25-10-4-5-19(21(25)27)23-30(28,29)18-9-7-15-11-17(22)8-6-16(15)12-18/h6-9,11-12,14,19,23H,4-5,10,13H2,1-3H3/t19-/m0/s1. The Labute approximate surface area is 182 Å². The molecule has 0 radical (unpaired) electrons. The van der Waals surface area contributed by atoms with Crippen LogP contribution in [0, 0.1) is 0 Å². The highest BCUT2D eigenvalue weighted by molar-refractivity contribution is 7.89. The molecule has 1 N–H and O–H groups in total. The number of hydrogen-bond acceptors (Lipinski definition) is 4. The fourth-order valence-corrected chi connectivity index (χ4v) is 4.83. The molecule has 1 fully saturated rings. The van der Waals surface area contributed by atoms with E-state index >= 15 is 0 Å². The lowest BCUT2D eigenvalue weighted by molar-refractivity contribution is -0.143. The first-order valence-electron chi connectivity index (χ1n) is 9.84. The predicted octanol–water partition coefficient (Wildman–Crippen LogP) is 2.63. The molecular formula is C21H26ClN3O4S. The number of fused-ring (bicyclic) bond motifs is 1. The smallest absolute Gasteiger partial charge is 0.242 e. The molecule has 162 valence electrons. The molecule has 7 nitrogen and oxygen atoms in total. The van der Waals surface area contributed by atoms with Gasteiger partial charge in [0.2, 0.25) is 21.8 Å². The topological polar surface area (TPSA) is 86.8 Å². The average Bonchev–Trinajstić information content (AvgIpc) is 2.69. The summed E-state index contributed by atoms with van der Waals surface area (Å²) in [6.45, 7) is 4.17. The normalized spacial score (nSPS) is 17.6. The lowest BCUT2D eigenvalue weighted by Crippen LogP contribution is -2.54. The molecule has 1 aliphatic heterocycles. The minimum Gasteiger partial charge on any atom is -0.342 e. The van der Waals surface area contributed by atoms with Crippen LogP contribution in [-0.2, 0) is 19.6 Å². The van der Waals surface area contributed by atoms with E-state index in [1.165, 1.54) is 11.0 Å². The maximum absolute atomic E-state index is 12.9. The van der Waals surface area contributed by atoms with Gasteiger partial charge < -0.3 is 9.80 Å². The van der Waals surface area contributed by atoms with Crippen LogP contribution in [0.15, 0.2) is 41.3 Å². The van der Waals surface area contributed by atoms with E-state index in [1.54, 1.807) is 42.3 Å². The van der Waals surface area contributed by atoms with Crippen LogP contribution in [0.25, 0.3) is 10.8 Å². The summed E-state index contributed by atoms with van der Waals surface area (Å²) in [4.78, 5) is 28.3. The van der Waals surface area contributed by atoms with Gasteiger partial charge in [-0.25, -0.2) is 8.42 Å². The van der Waals surface area contributed by atoms with E-state index in [1.807, 2.05) is 13.8 Å². The SMILES string of the molecule is CC(C)N(C)C(=O)CN1CCC[C@H](NS(=O)(=O)c2ccc3cc(Cl)ccc3c2)C1=O. The number of carbonyl (C=O) groups is 2. The lowest BCUT2D eigenvalue weighted by atomic mass is 10.1. The van der Waals surface area contributed by atoms with E-state index in [0.29, 0.717) is 24.4 Å². The van der Waals surface area contributed by atoms with E-state index in [2.05, 4.69) is 4.72 Å². The van der Waals surface area contributed by atoms with Crippen molar-refractivity contribution in [2.24, 2.45) is 0 Å². The molecule has 0 saturated carbocycles. The molecule has 2 aromatic rings. The van der Waals surface area contributed by atoms with Gasteiger partial charge in [0.05, 0.1) is 11.4 Å². The maximum atomic E-state index is 12.9. The van der Waals surface area contributed by atoms with Crippen molar-refractivity contribution in [1.29, 1.82) is 0 Å². The molecule has 9 heteroatoms. The molecule has 0 unspecified atom stereocenters. The number of benzene rings is 2. The summed E-state index contributed by atoms with van der Waals surface area (Å²) < 4.78 is 28.3.